The standard InChI is InChI=1S/C20H17ClN2O4S/c1-27-17-10-8-16(9-11-17)23-28(25,26)19-13-14(7-12-18(19)21)20(24)22-15-5-3-2-4-6-15/h2-13,23H,1H3,(H,22,24). The van der Waals surface area contributed by atoms with Gasteiger partial charge in [-0.25, -0.2) is 8.42 Å². The van der Waals surface area contributed by atoms with E-state index >= 15 is 0 Å². The molecule has 2 N–H and O–H groups in total. The number of amides is 1. The Hall–Kier alpha value is -3.03. The second kappa shape index (κ2) is 8.33. The summed E-state index contributed by atoms with van der Waals surface area (Å²) in [6.45, 7) is 0. The molecular formula is C20H17ClN2O4S. The first kappa shape index (κ1) is 19.7. The van der Waals surface area contributed by atoms with E-state index in [1.54, 1.807) is 48.5 Å². The van der Waals surface area contributed by atoms with Crippen LogP contribution in [0.15, 0.2) is 77.7 Å². The molecule has 0 atom stereocenters. The molecule has 3 aromatic rings. The number of sulfonamides is 1. The quantitative estimate of drug-likeness (QED) is 0.623. The Morgan fingerprint density at radius 2 is 1.61 bits per heavy atom. The molecule has 0 saturated carbocycles. The average Bonchev–Trinajstić information content (AvgIpc) is 2.69. The molecule has 3 aromatic carbocycles. The van der Waals surface area contributed by atoms with Crippen LogP contribution in [0.3, 0.4) is 0 Å². The smallest absolute Gasteiger partial charge is 0.263 e. The van der Waals surface area contributed by atoms with Crippen molar-refractivity contribution in [1.29, 1.82) is 0 Å². The number of carbonyl (C=O) groups is 1. The molecule has 0 fully saturated rings. The van der Waals surface area contributed by atoms with E-state index in [0.717, 1.165) is 0 Å². The van der Waals surface area contributed by atoms with Gasteiger partial charge in [-0.2, -0.15) is 0 Å². The molecule has 0 spiro atoms. The van der Waals surface area contributed by atoms with Crippen LogP contribution in [0.4, 0.5) is 11.4 Å². The van der Waals surface area contributed by atoms with Gasteiger partial charge >= 0.3 is 0 Å². The molecular weight excluding hydrogens is 400 g/mol. The van der Waals surface area contributed by atoms with Gasteiger partial charge in [0, 0.05) is 16.9 Å². The van der Waals surface area contributed by atoms with Crippen LogP contribution >= 0.6 is 11.6 Å². The van der Waals surface area contributed by atoms with E-state index < -0.39 is 15.9 Å². The molecule has 6 nitrogen and oxygen atoms in total. The topological polar surface area (TPSA) is 84.5 Å². The molecule has 3 rings (SSSR count). The molecule has 0 radical (unpaired) electrons. The van der Waals surface area contributed by atoms with Crippen molar-refractivity contribution in [2.24, 2.45) is 0 Å². The number of rotatable bonds is 6. The number of nitrogens with one attached hydrogen (secondary N) is 2. The van der Waals surface area contributed by atoms with E-state index in [-0.39, 0.29) is 15.5 Å². The maximum absolute atomic E-state index is 12.8. The first-order valence-corrected chi connectivity index (χ1v) is 10.1. The highest BCUT2D eigenvalue weighted by atomic mass is 35.5. The lowest BCUT2D eigenvalue weighted by Gasteiger charge is -2.12. The van der Waals surface area contributed by atoms with Crippen LogP contribution in [0.25, 0.3) is 0 Å². The Kier molecular flexibility index (Phi) is 5.87. The van der Waals surface area contributed by atoms with E-state index in [1.165, 1.54) is 25.3 Å². The second-order valence-corrected chi connectivity index (χ2v) is 7.86. The Morgan fingerprint density at radius 1 is 0.929 bits per heavy atom. The summed E-state index contributed by atoms with van der Waals surface area (Å²) in [5, 5.41) is 2.72. The summed E-state index contributed by atoms with van der Waals surface area (Å²) in [6.07, 6.45) is 0. The normalized spacial score (nSPS) is 10.9. The van der Waals surface area contributed by atoms with Crippen molar-refractivity contribution >= 4 is 38.9 Å². The summed E-state index contributed by atoms with van der Waals surface area (Å²) in [7, 11) is -2.48. The third kappa shape index (κ3) is 4.62. The van der Waals surface area contributed by atoms with E-state index in [2.05, 4.69) is 10.0 Å². The lowest BCUT2D eigenvalue weighted by molar-refractivity contribution is 0.102. The zero-order chi connectivity index (χ0) is 20.1. The van der Waals surface area contributed by atoms with Gasteiger partial charge in [0.2, 0.25) is 0 Å². The molecule has 0 aliphatic carbocycles. The summed E-state index contributed by atoms with van der Waals surface area (Å²) < 4.78 is 33.0. The second-order valence-electron chi connectivity index (χ2n) is 5.80. The van der Waals surface area contributed by atoms with Crippen LogP contribution in [0.2, 0.25) is 5.02 Å². The van der Waals surface area contributed by atoms with Gasteiger partial charge < -0.3 is 10.1 Å². The number of anilines is 2. The van der Waals surface area contributed by atoms with Gasteiger partial charge in [-0.1, -0.05) is 29.8 Å². The van der Waals surface area contributed by atoms with E-state index in [9.17, 15) is 13.2 Å². The summed E-state index contributed by atoms with van der Waals surface area (Å²) >= 11 is 6.09. The maximum atomic E-state index is 12.8. The molecule has 0 saturated heterocycles. The molecule has 8 heteroatoms. The van der Waals surface area contributed by atoms with Crippen molar-refractivity contribution in [1.82, 2.24) is 0 Å². The van der Waals surface area contributed by atoms with Crippen molar-refractivity contribution < 1.29 is 17.9 Å². The minimum absolute atomic E-state index is 0.0114. The summed E-state index contributed by atoms with van der Waals surface area (Å²) in [4.78, 5) is 12.3. The van der Waals surface area contributed by atoms with Crippen LogP contribution < -0.4 is 14.8 Å². The Morgan fingerprint density at radius 3 is 2.25 bits per heavy atom. The molecule has 0 aliphatic rings. The Bertz CT molecular complexity index is 1080. The minimum atomic E-state index is -4.00. The fraction of sp³-hybridized carbons (Fsp3) is 0.0500. The van der Waals surface area contributed by atoms with Gasteiger partial charge in [0.1, 0.15) is 10.6 Å². The van der Waals surface area contributed by atoms with Crippen molar-refractivity contribution in [3.05, 3.63) is 83.4 Å². The first-order valence-electron chi connectivity index (χ1n) is 8.22. The number of halogens is 1. The molecule has 0 aromatic heterocycles. The van der Waals surface area contributed by atoms with Crippen molar-refractivity contribution in [3.8, 4) is 5.75 Å². The monoisotopic (exact) mass is 416 g/mol. The Balaban J connectivity index is 1.86. The number of hydrogen-bond acceptors (Lipinski definition) is 4. The third-order valence-corrected chi connectivity index (χ3v) is 5.72. The van der Waals surface area contributed by atoms with Gasteiger partial charge in [-0.15, -0.1) is 0 Å². The van der Waals surface area contributed by atoms with Crippen molar-refractivity contribution in [2.75, 3.05) is 17.1 Å². The largest absolute Gasteiger partial charge is 0.497 e. The molecule has 144 valence electrons. The maximum Gasteiger partial charge on any atom is 0.263 e. The zero-order valence-electron chi connectivity index (χ0n) is 14.8. The van der Waals surface area contributed by atoms with Gasteiger partial charge in [-0.3, -0.25) is 9.52 Å². The summed E-state index contributed by atoms with van der Waals surface area (Å²) in [5.41, 5.74) is 1.11. The number of hydrogen-bond donors (Lipinski definition) is 2. The number of carbonyl (C=O) groups excluding carboxylic acids is 1. The van der Waals surface area contributed by atoms with E-state index in [1.807, 2.05) is 6.07 Å². The molecule has 0 bridgehead atoms. The molecule has 1 amide bonds. The highest BCUT2D eigenvalue weighted by Gasteiger charge is 2.20. The van der Waals surface area contributed by atoms with Crippen molar-refractivity contribution in [2.45, 2.75) is 4.90 Å². The number of benzene rings is 3. The predicted molar refractivity (Wildman–Crippen MR) is 110 cm³/mol. The number of para-hydroxylation sites is 1. The number of ether oxygens (including phenoxy) is 1. The zero-order valence-corrected chi connectivity index (χ0v) is 16.4. The van der Waals surface area contributed by atoms with Crippen LogP contribution in [-0.2, 0) is 10.0 Å². The first-order chi connectivity index (χ1) is 13.4. The van der Waals surface area contributed by atoms with Gasteiger partial charge in [-0.05, 0) is 54.6 Å². The lowest BCUT2D eigenvalue weighted by Crippen LogP contribution is -2.16. The highest BCUT2D eigenvalue weighted by molar-refractivity contribution is 7.92. The van der Waals surface area contributed by atoms with Crippen LogP contribution in [0.1, 0.15) is 10.4 Å². The molecule has 28 heavy (non-hydrogen) atoms. The van der Waals surface area contributed by atoms with Crippen LogP contribution in [0.5, 0.6) is 5.75 Å². The highest BCUT2D eigenvalue weighted by Crippen LogP contribution is 2.26. The SMILES string of the molecule is COc1ccc(NS(=O)(=O)c2cc(C(=O)Nc3ccccc3)ccc2Cl)cc1. The van der Waals surface area contributed by atoms with Gasteiger partial charge in [0.15, 0.2) is 0 Å². The fourth-order valence-electron chi connectivity index (χ4n) is 2.44. The number of methoxy groups -OCH3 is 1. The molecule has 0 unspecified atom stereocenters. The lowest BCUT2D eigenvalue weighted by atomic mass is 10.2. The fourth-order valence-corrected chi connectivity index (χ4v) is 4.03. The van der Waals surface area contributed by atoms with Gasteiger partial charge in [0.25, 0.3) is 15.9 Å². The van der Waals surface area contributed by atoms with Gasteiger partial charge in [0.05, 0.1) is 12.1 Å². The Labute approximate surface area is 168 Å². The minimum Gasteiger partial charge on any atom is -0.497 e. The average molecular weight is 417 g/mol. The third-order valence-electron chi connectivity index (χ3n) is 3.86. The van der Waals surface area contributed by atoms with Crippen LogP contribution in [0, 0.1) is 0 Å². The van der Waals surface area contributed by atoms with E-state index in [0.29, 0.717) is 17.1 Å². The molecule has 0 heterocycles. The summed E-state index contributed by atoms with van der Waals surface area (Å²) in [6, 6.07) is 19.3. The van der Waals surface area contributed by atoms with Crippen molar-refractivity contribution in [3.63, 3.8) is 0 Å². The van der Waals surface area contributed by atoms with Crippen LogP contribution in [-0.4, -0.2) is 21.4 Å². The molecule has 0 aliphatic heterocycles. The summed E-state index contributed by atoms with van der Waals surface area (Å²) in [5.74, 6) is 0.157. The van der Waals surface area contributed by atoms with E-state index in [4.69, 9.17) is 16.3 Å². The predicted octanol–water partition coefficient (Wildman–Crippen LogP) is 4.40.